The van der Waals surface area contributed by atoms with Gasteiger partial charge in [0.2, 0.25) is 5.75 Å². The molecule has 3 rings (SSSR count). The Morgan fingerprint density at radius 3 is 2.35 bits per heavy atom. The lowest BCUT2D eigenvalue weighted by Gasteiger charge is -2.25. The smallest absolute Gasteiger partial charge is 0.203 e. The number of para-hydroxylation sites is 1. The van der Waals surface area contributed by atoms with Crippen molar-refractivity contribution in [3.05, 3.63) is 47.5 Å². The normalized spacial score (nSPS) is 15.1. The van der Waals surface area contributed by atoms with E-state index in [4.69, 9.17) is 14.2 Å². The van der Waals surface area contributed by atoms with E-state index in [1.807, 2.05) is 12.1 Å². The van der Waals surface area contributed by atoms with Crippen LogP contribution in [0.15, 0.2) is 41.4 Å². The number of aliphatic imine (C=N–C) groups is 1. The number of halogens is 1. The molecule has 0 saturated heterocycles. The third-order valence-corrected chi connectivity index (χ3v) is 5.40. The second-order valence-electron chi connectivity index (χ2n) is 7.26. The van der Waals surface area contributed by atoms with Crippen LogP contribution in [0.25, 0.3) is 0 Å². The van der Waals surface area contributed by atoms with Gasteiger partial charge in [-0.05, 0) is 42.7 Å². The van der Waals surface area contributed by atoms with Gasteiger partial charge in [0.05, 0.1) is 21.3 Å². The molecule has 31 heavy (non-hydrogen) atoms. The largest absolute Gasteiger partial charge is 0.493 e. The predicted molar refractivity (Wildman–Crippen MR) is 137 cm³/mol. The summed E-state index contributed by atoms with van der Waals surface area (Å²) in [6, 6.07) is 13.0. The van der Waals surface area contributed by atoms with Crippen LogP contribution in [0, 0.1) is 0 Å². The number of methoxy groups -OCH3 is 3. The minimum atomic E-state index is 0. The van der Waals surface area contributed by atoms with Crippen molar-refractivity contribution in [2.75, 3.05) is 46.4 Å². The van der Waals surface area contributed by atoms with Gasteiger partial charge in [0, 0.05) is 38.4 Å². The zero-order valence-corrected chi connectivity index (χ0v) is 21.2. The van der Waals surface area contributed by atoms with E-state index in [2.05, 4.69) is 51.7 Å². The molecule has 7 nitrogen and oxygen atoms in total. The van der Waals surface area contributed by atoms with Crippen LogP contribution in [-0.2, 0) is 13.0 Å². The summed E-state index contributed by atoms with van der Waals surface area (Å²) in [5.41, 5.74) is 3.77. The van der Waals surface area contributed by atoms with Crippen molar-refractivity contribution in [2.24, 2.45) is 4.99 Å². The molecule has 170 valence electrons. The van der Waals surface area contributed by atoms with Gasteiger partial charge in [-0.3, -0.25) is 4.99 Å². The van der Waals surface area contributed by atoms with Gasteiger partial charge in [-0.1, -0.05) is 18.2 Å². The Hall–Kier alpha value is -2.36. The maximum atomic E-state index is 5.43. The fraction of sp³-hybridized carbons (Fsp3) is 0.435. The van der Waals surface area contributed by atoms with Crippen LogP contribution in [0.3, 0.4) is 0 Å². The minimum absolute atomic E-state index is 0. The van der Waals surface area contributed by atoms with Crippen molar-refractivity contribution >= 4 is 35.6 Å². The molecule has 0 bridgehead atoms. The van der Waals surface area contributed by atoms with E-state index in [1.165, 1.54) is 11.3 Å². The van der Waals surface area contributed by atoms with Crippen molar-refractivity contribution in [1.82, 2.24) is 10.6 Å². The number of nitrogens with one attached hydrogen (secondary N) is 2. The first kappa shape index (κ1) is 24.9. The average molecular weight is 540 g/mol. The van der Waals surface area contributed by atoms with E-state index in [0.29, 0.717) is 29.8 Å². The first-order valence-corrected chi connectivity index (χ1v) is 10.2. The zero-order chi connectivity index (χ0) is 21.5. The van der Waals surface area contributed by atoms with Crippen LogP contribution in [0.1, 0.15) is 18.1 Å². The van der Waals surface area contributed by atoms with E-state index >= 15 is 0 Å². The molecule has 0 radical (unpaired) electrons. The van der Waals surface area contributed by atoms with Gasteiger partial charge >= 0.3 is 0 Å². The Balaban J connectivity index is 0.00000341. The number of guanidine groups is 1. The molecule has 0 saturated carbocycles. The van der Waals surface area contributed by atoms with Gasteiger partial charge in [-0.15, -0.1) is 24.0 Å². The van der Waals surface area contributed by atoms with E-state index in [0.717, 1.165) is 31.0 Å². The third kappa shape index (κ3) is 5.87. The fourth-order valence-electron chi connectivity index (χ4n) is 3.91. The van der Waals surface area contributed by atoms with Crippen LogP contribution >= 0.6 is 24.0 Å². The Bertz CT molecular complexity index is 866. The molecule has 0 spiro atoms. The maximum absolute atomic E-state index is 5.43. The number of rotatable bonds is 8. The highest BCUT2D eigenvalue weighted by atomic mass is 127. The summed E-state index contributed by atoms with van der Waals surface area (Å²) in [4.78, 5) is 6.79. The minimum Gasteiger partial charge on any atom is -0.493 e. The third-order valence-electron chi connectivity index (χ3n) is 5.40. The van der Waals surface area contributed by atoms with Crippen molar-refractivity contribution in [1.29, 1.82) is 0 Å². The van der Waals surface area contributed by atoms with E-state index in [9.17, 15) is 0 Å². The topological polar surface area (TPSA) is 67.4 Å². The second-order valence-corrected chi connectivity index (χ2v) is 7.26. The van der Waals surface area contributed by atoms with Crippen molar-refractivity contribution in [3.63, 3.8) is 0 Å². The highest BCUT2D eigenvalue weighted by Gasteiger charge is 2.24. The molecule has 1 unspecified atom stereocenters. The molecule has 1 aliphatic rings. The Labute approximate surface area is 202 Å². The molecule has 2 aromatic carbocycles. The van der Waals surface area contributed by atoms with Gasteiger partial charge in [0.15, 0.2) is 17.5 Å². The summed E-state index contributed by atoms with van der Waals surface area (Å²) in [6.45, 7) is 4.58. The number of ether oxygens (including phenoxy) is 3. The first-order chi connectivity index (χ1) is 14.6. The molecule has 2 N–H and O–H groups in total. The zero-order valence-electron chi connectivity index (χ0n) is 18.9. The number of nitrogens with zero attached hydrogens (tertiary/aromatic N) is 2. The molecule has 2 aromatic rings. The van der Waals surface area contributed by atoms with Gasteiger partial charge in [0.1, 0.15) is 0 Å². The lowest BCUT2D eigenvalue weighted by molar-refractivity contribution is 0.323. The molecular formula is C23H33IN4O3. The highest BCUT2D eigenvalue weighted by Crippen LogP contribution is 2.38. The predicted octanol–water partition coefficient (Wildman–Crippen LogP) is 3.45. The van der Waals surface area contributed by atoms with Crippen LogP contribution < -0.4 is 29.7 Å². The van der Waals surface area contributed by atoms with Crippen LogP contribution in [-0.4, -0.2) is 53.5 Å². The molecule has 0 aliphatic carbocycles. The van der Waals surface area contributed by atoms with E-state index in [-0.39, 0.29) is 24.0 Å². The van der Waals surface area contributed by atoms with Crippen LogP contribution in [0.2, 0.25) is 0 Å². The summed E-state index contributed by atoms with van der Waals surface area (Å²) in [5.74, 6) is 2.62. The molecule has 0 amide bonds. The lowest BCUT2D eigenvalue weighted by Crippen LogP contribution is -2.42. The molecule has 8 heteroatoms. The lowest BCUT2D eigenvalue weighted by atomic mass is 10.1. The Morgan fingerprint density at radius 2 is 1.74 bits per heavy atom. The molecule has 1 heterocycles. The fourth-order valence-corrected chi connectivity index (χ4v) is 3.91. The molecule has 0 aromatic heterocycles. The van der Waals surface area contributed by atoms with E-state index < -0.39 is 0 Å². The molecule has 0 fully saturated rings. The van der Waals surface area contributed by atoms with Gasteiger partial charge in [-0.25, -0.2) is 0 Å². The number of benzene rings is 2. The Kier molecular flexibility index (Phi) is 9.54. The number of hydrogen-bond donors (Lipinski definition) is 2. The summed E-state index contributed by atoms with van der Waals surface area (Å²) >= 11 is 0. The first-order valence-electron chi connectivity index (χ1n) is 10.2. The average Bonchev–Trinajstić information content (AvgIpc) is 3.10. The number of anilines is 1. The van der Waals surface area contributed by atoms with Crippen molar-refractivity contribution in [3.8, 4) is 17.2 Å². The van der Waals surface area contributed by atoms with Crippen LogP contribution in [0.5, 0.6) is 17.2 Å². The SMILES string of the molecule is CN=C(NCCN1c2ccccc2CC1C)NCc1cc(OC)c(OC)c(OC)c1.I. The van der Waals surface area contributed by atoms with Crippen molar-refractivity contribution < 1.29 is 14.2 Å². The summed E-state index contributed by atoms with van der Waals surface area (Å²) in [7, 11) is 6.61. The second kappa shape index (κ2) is 11.9. The van der Waals surface area contributed by atoms with Gasteiger partial charge in [0.25, 0.3) is 0 Å². The maximum Gasteiger partial charge on any atom is 0.203 e. The van der Waals surface area contributed by atoms with Gasteiger partial charge in [-0.2, -0.15) is 0 Å². The molecular weight excluding hydrogens is 507 g/mol. The standard InChI is InChI=1S/C23H32N4O3.HI/c1-16-12-18-8-6-7-9-19(18)27(16)11-10-25-23(24-2)26-15-17-13-20(28-3)22(30-5)21(14-17)29-4;/h6-9,13-14,16H,10-12,15H2,1-5H3,(H2,24,25,26);1H. The molecule has 1 aliphatic heterocycles. The summed E-state index contributed by atoms with van der Waals surface area (Å²) in [6.07, 6.45) is 1.10. The van der Waals surface area contributed by atoms with Gasteiger partial charge < -0.3 is 29.7 Å². The highest BCUT2D eigenvalue weighted by molar-refractivity contribution is 14.0. The van der Waals surface area contributed by atoms with Crippen molar-refractivity contribution in [2.45, 2.75) is 25.9 Å². The monoisotopic (exact) mass is 540 g/mol. The number of hydrogen-bond acceptors (Lipinski definition) is 5. The summed E-state index contributed by atoms with van der Waals surface area (Å²) in [5, 5.41) is 6.76. The number of fused-ring (bicyclic) bond motifs is 1. The molecule has 1 atom stereocenters. The quantitative estimate of drug-likeness (QED) is 0.304. The summed E-state index contributed by atoms with van der Waals surface area (Å²) < 4.78 is 16.2. The Morgan fingerprint density at radius 1 is 1.06 bits per heavy atom. The van der Waals surface area contributed by atoms with Crippen LogP contribution in [0.4, 0.5) is 5.69 Å². The van der Waals surface area contributed by atoms with E-state index in [1.54, 1.807) is 28.4 Å².